The van der Waals surface area contributed by atoms with Gasteiger partial charge >= 0.3 is 0 Å². The van der Waals surface area contributed by atoms with Crippen LogP contribution in [0.15, 0.2) is 33.8 Å². The number of hydrogen-bond acceptors (Lipinski definition) is 4. The van der Waals surface area contributed by atoms with Gasteiger partial charge in [-0.25, -0.2) is 11.0 Å². The van der Waals surface area contributed by atoms with Gasteiger partial charge in [-0.2, -0.15) is 5.10 Å². The average Bonchev–Trinajstić information content (AvgIpc) is 2.31. The minimum Gasteiger partial charge on any atom is -0.388 e. The molecule has 0 aliphatic heterocycles. The summed E-state index contributed by atoms with van der Waals surface area (Å²) in [5.74, 6) is 5.91. The van der Waals surface area contributed by atoms with Crippen molar-refractivity contribution >= 4 is 22.3 Å². The lowest BCUT2D eigenvalue weighted by atomic mass is 10.0. The van der Waals surface area contributed by atoms with Crippen molar-refractivity contribution in [3.8, 4) is 0 Å². The fourth-order valence-corrected chi connectivity index (χ4v) is 1.94. The predicted octanol–water partition coefficient (Wildman–Crippen LogP) is 1.52. The zero-order chi connectivity index (χ0) is 13.5. The van der Waals surface area contributed by atoms with Crippen LogP contribution in [0.1, 0.15) is 18.0 Å². The lowest BCUT2D eigenvalue weighted by Crippen LogP contribution is -2.33. The van der Waals surface area contributed by atoms with Crippen LogP contribution in [0.2, 0.25) is 0 Å². The van der Waals surface area contributed by atoms with E-state index in [2.05, 4.69) is 25.9 Å². The van der Waals surface area contributed by atoms with Crippen LogP contribution in [0.5, 0.6) is 0 Å². The first-order chi connectivity index (χ1) is 8.54. The molecule has 0 fully saturated rings. The average molecular weight is 314 g/mol. The van der Waals surface area contributed by atoms with Gasteiger partial charge in [0.05, 0.1) is 6.04 Å². The highest BCUT2D eigenvalue weighted by Crippen LogP contribution is 2.24. The summed E-state index contributed by atoms with van der Waals surface area (Å²) in [4.78, 5) is 2.12. The molecule has 6 heteroatoms. The molecule has 1 rings (SSSR count). The fourth-order valence-electron chi connectivity index (χ4n) is 1.67. The SMILES string of the molecule is CN(C)CCC(c1ccc(Br)cc1)N(N)/N=C\N. The molecule has 0 amide bonds. The highest BCUT2D eigenvalue weighted by molar-refractivity contribution is 9.10. The summed E-state index contributed by atoms with van der Waals surface area (Å²) in [5.41, 5.74) is 6.41. The van der Waals surface area contributed by atoms with Gasteiger partial charge in [-0.05, 0) is 44.8 Å². The number of hydrogen-bond donors (Lipinski definition) is 2. The molecule has 5 nitrogen and oxygen atoms in total. The van der Waals surface area contributed by atoms with Crippen molar-refractivity contribution in [3.05, 3.63) is 34.3 Å². The monoisotopic (exact) mass is 313 g/mol. The highest BCUT2D eigenvalue weighted by Gasteiger charge is 2.16. The molecule has 0 saturated carbocycles. The van der Waals surface area contributed by atoms with Gasteiger partial charge in [0.15, 0.2) is 0 Å². The van der Waals surface area contributed by atoms with Crippen molar-refractivity contribution < 1.29 is 0 Å². The Bertz CT molecular complexity index is 377. The second kappa shape index (κ2) is 7.35. The molecule has 0 spiro atoms. The molecule has 0 aliphatic rings. The number of halogens is 1. The minimum atomic E-state index is 0.0142. The first kappa shape index (κ1) is 14.9. The highest BCUT2D eigenvalue weighted by atomic mass is 79.9. The van der Waals surface area contributed by atoms with E-state index in [9.17, 15) is 0 Å². The number of hydrazone groups is 1. The summed E-state index contributed by atoms with van der Waals surface area (Å²) >= 11 is 3.42. The van der Waals surface area contributed by atoms with Crippen LogP contribution in [-0.4, -0.2) is 37.0 Å². The second-order valence-electron chi connectivity index (χ2n) is 4.30. The Labute approximate surface area is 117 Å². The van der Waals surface area contributed by atoms with Gasteiger partial charge in [-0.3, -0.25) is 0 Å². The molecular formula is C12H20BrN5. The van der Waals surface area contributed by atoms with Crippen LogP contribution < -0.4 is 11.6 Å². The van der Waals surface area contributed by atoms with E-state index in [1.54, 1.807) is 0 Å². The number of nitrogens with zero attached hydrogens (tertiary/aromatic N) is 3. The fraction of sp³-hybridized carbons (Fsp3) is 0.417. The Morgan fingerprint density at radius 2 is 1.94 bits per heavy atom. The maximum Gasteiger partial charge on any atom is 0.107 e. The van der Waals surface area contributed by atoms with Crippen LogP contribution in [-0.2, 0) is 0 Å². The lowest BCUT2D eigenvalue weighted by Gasteiger charge is -2.26. The summed E-state index contributed by atoms with van der Waals surface area (Å²) in [7, 11) is 4.07. The third-order valence-electron chi connectivity index (χ3n) is 2.62. The van der Waals surface area contributed by atoms with E-state index >= 15 is 0 Å². The maximum atomic E-state index is 5.91. The van der Waals surface area contributed by atoms with Crippen molar-refractivity contribution in [3.63, 3.8) is 0 Å². The molecule has 1 aromatic carbocycles. The Balaban J connectivity index is 2.85. The van der Waals surface area contributed by atoms with E-state index in [0.717, 1.165) is 23.0 Å². The first-order valence-corrected chi connectivity index (χ1v) is 6.52. The zero-order valence-electron chi connectivity index (χ0n) is 10.8. The largest absolute Gasteiger partial charge is 0.388 e. The van der Waals surface area contributed by atoms with Gasteiger partial charge < -0.3 is 10.6 Å². The molecule has 1 aromatic rings. The van der Waals surface area contributed by atoms with E-state index in [1.807, 2.05) is 38.4 Å². The maximum absolute atomic E-state index is 5.91. The summed E-state index contributed by atoms with van der Waals surface area (Å²) in [5, 5.41) is 5.34. The normalized spacial score (nSPS) is 13.2. The van der Waals surface area contributed by atoms with Gasteiger partial charge in [0, 0.05) is 4.47 Å². The molecule has 18 heavy (non-hydrogen) atoms. The molecule has 1 unspecified atom stereocenters. The van der Waals surface area contributed by atoms with Crippen LogP contribution in [0.4, 0.5) is 0 Å². The van der Waals surface area contributed by atoms with Gasteiger partial charge in [-0.1, -0.05) is 28.1 Å². The van der Waals surface area contributed by atoms with E-state index in [1.165, 1.54) is 11.5 Å². The van der Waals surface area contributed by atoms with E-state index < -0.39 is 0 Å². The summed E-state index contributed by atoms with van der Waals surface area (Å²) in [6.07, 6.45) is 2.09. The van der Waals surface area contributed by atoms with E-state index in [4.69, 9.17) is 11.6 Å². The smallest absolute Gasteiger partial charge is 0.107 e. The van der Waals surface area contributed by atoms with Crippen molar-refractivity contribution in [1.29, 1.82) is 0 Å². The van der Waals surface area contributed by atoms with Gasteiger partial charge in [0.25, 0.3) is 0 Å². The van der Waals surface area contributed by atoms with Gasteiger partial charge in [0.2, 0.25) is 0 Å². The summed E-state index contributed by atoms with van der Waals surface area (Å²) in [6, 6.07) is 8.09. The lowest BCUT2D eigenvalue weighted by molar-refractivity contribution is 0.187. The molecule has 0 aromatic heterocycles. The molecule has 0 aliphatic carbocycles. The molecule has 100 valence electrons. The van der Waals surface area contributed by atoms with Crippen molar-refractivity contribution in [2.45, 2.75) is 12.5 Å². The van der Waals surface area contributed by atoms with Crippen molar-refractivity contribution in [2.75, 3.05) is 20.6 Å². The van der Waals surface area contributed by atoms with Crippen LogP contribution in [0.25, 0.3) is 0 Å². The Kier molecular flexibility index (Phi) is 6.11. The zero-order valence-corrected chi connectivity index (χ0v) is 12.3. The summed E-state index contributed by atoms with van der Waals surface area (Å²) < 4.78 is 1.04. The Morgan fingerprint density at radius 3 is 2.44 bits per heavy atom. The summed E-state index contributed by atoms with van der Waals surface area (Å²) in [6.45, 7) is 0.925. The topological polar surface area (TPSA) is 70.9 Å². The minimum absolute atomic E-state index is 0.0142. The first-order valence-electron chi connectivity index (χ1n) is 5.73. The molecule has 0 radical (unpaired) electrons. The second-order valence-corrected chi connectivity index (χ2v) is 5.22. The van der Waals surface area contributed by atoms with Crippen LogP contribution >= 0.6 is 15.9 Å². The van der Waals surface area contributed by atoms with Crippen molar-refractivity contribution in [2.24, 2.45) is 16.7 Å². The standard InChI is InChI=1S/C12H20BrN5/c1-17(2)8-7-12(18(15)16-9-14)10-3-5-11(13)6-4-10/h3-6,9,12H,7-8,15H2,1-2H3,(H2,14,16). The number of benzene rings is 1. The molecule has 1 atom stereocenters. The van der Waals surface area contributed by atoms with Gasteiger partial charge in [0.1, 0.15) is 6.34 Å². The molecule has 4 N–H and O–H groups in total. The van der Waals surface area contributed by atoms with Gasteiger partial charge in [-0.15, -0.1) is 0 Å². The van der Waals surface area contributed by atoms with E-state index in [-0.39, 0.29) is 6.04 Å². The Morgan fingerprint density at radius 1 is 1.33 bits per heavy atom. The van der Waals surface area contributed by atoms with Crippen LogP contribution in [0.3, 0.4) is 0 Å². The molecule has 0 saturated heterocycles. The predicted molar refractivity (Wildman–Crippen MR) is 78.8 cm³/mol. The number of nitrogens with two attached hydrogens (primary N) is 2. The quantitative estimate of drug-likeness (QED) is 0.361. The van der Waals surface area contributed by atoms with E-state index in [0.29, 0.717) is 0 Å². The van der Waals surface area contributed by atoms with Crippen LogP contribution in [0, 0.1) is 0 Å². The third kappa shape index (κ3) is 4.64. The number of rotatable bonds is 6. The van der Waals surface area contributed by atoms with Crippen molar-refractivity contribution in [1.82, 2.24) is 10.0 Å². The number of hydrazine groups is 1. The molecular weight excluding hydrogens is 294 g/mol. The molecule has 0 bridgehead atoms. The molecule has 0 heterocycles. The Hall–Kier alpha value is -1.11. The third-order valence-corrected chi connectivity index (χ3v) is 3.15.